The minimum Gasteiger partial charge on any atom is -0.506 e. The molecule has 5 heteroatoms. The molecule has 0 bridgehead atoms. The predicted molar refractivity (Wildman–Crippen MR) is 126 cm³/mol. The summed E-state index contributed by atoms with van der Waals surface area (Å²) in [5.74, 6) is -0.159. The number of fused-ring (bicyclic) bond motifs is 2. The van der Waals surface area contributed by atoms with Crippen LogP contribution in [0.2, 0.25) is 0 Å². The predicted octanol–water partition coefficient (Wildman–Crippen LogP) is 5.55. The monoisotopic (exact) mass is 409 g/mol. The Morgan fingerprint density at radius 3 is 2.32 bits per heavy atom. The summed E-state index contributed by atoms with van der Waals surface area (Å²) in [6, 6.07) is 23.2. The summed E-state index contributed by atoms with van der Waals surface area (Å²) in [5, 5.41) is 14.5. The largest absolute Gasteiger partial charge is 0.506 e. The van der Waals surface area contributed by atoms with E-state index < -0.39 is 0 Å². The molecule has 1 atom stereocenters. The molecule has 2 aliphatic rings. The maximum Gasteiger partial charge on any atom is 0.199 e. The third-order valence-corrected chi connectivity index (χ3v) is 5.88. The Kier molecular flexibility index (Phi) is 4.59. The van der Waals surface area contributed by atoms with E-state index in [9.17, 15) is 9.90 Å². The van der Waals surface area contributed by atoms with E-state index >= 15 is 0 Å². The van der Waals surface area contributed by atoms with Gasteiger partial charge in [-0.3, -0.25) is 9.79 Å². The molecule has 5 rings (SSSR count). The number of hydrogen-bond donors (Lipinski definition) is 2. The lowest BCUT2D eigenvalue weighted by Gasteiger charge is -2.21. The van der Waals surface area contributed by atoms with Crippen molar-refractivity contribution in [3.05, 3.63) is 95.1 Å². The van der Waals surface area contributed by atoms with Crippen LogP contribution in [0, 0.1) is 0 Å². The van der Waals surface area contributed by atoms with Gasteiger partial charge in [-0.1, -0.05) is 48.5 Å². The lowest BCUT2D eigenvalue weighted by atomic mass is 9.95. The zero-order valence-corrected chi connectivity index (χ0v) is 17.5. The first-order valence-electron chi connectivity index (χ1n) is 10.3. The van der Waals surface area contributed by atoms with Crippen LogP contribution >= 0.6 is 0 Å². The zero-order valence-electron chi connectivity index (χ0n) is 17.5. The van der Waals surface area contributed by atoms with Crippen LogP contribution in [0.25, 0.3) is 5.76 Å². The number of allylic oxidation sites excluding steroid dienone is 1. The Bertz CT molecular complexity index is 1240. The van der Waals surface area contributed by atoms with Gasteiger partial charge in [-0.2, -0.15) is 0 Å². The summed E-state index contributed by atoms with van der Waals surface area (Å²) in [5.41, 5.74) is 5.87. The van der Waals surface area contributed by atoms with E-state index in [1.807, 2.05) is 50.5 Å². The number of aliphatic imine (C=N–C) groups is 1. The highest BCUT2D eigenvalue weighted by Crippen LogP contribution is 2.39. The van der Waals surface area contributed by atoms with Crippen LogP contribution in [-0.4, -0.2) is 30.7 Å². The molecule has 0 saturated carbocycles. The molecular formula is C26H23N3O2. The van der Waals surface area contributed by atoms with Gasteiger partial charge in [0.15, 0.2) is 5.78 Å². The van der Waals surface area contributed by atoms with Crippen LogP contribution in [0.15, 0.2) is 83.4 Å². The van der Waals surface area contributed by atoms with Gasteiger partial charge in [0.05, 0.1) is 28.7 Å². The highest BCUT2D eigenvalue weighted by atomic mass is 16.3. The van der Waals surface area contributed by atoms with Crippen LogP contribution in [0.3, 0.4) is 0 Å². The number of carbonyl (C=O) groups is 1. The van der Waals surface area contributed by atoms with Crippen LogP contribution in [0.4, 0.5) is 17.1 Å². The highest BCUT2D eigenvalue weighted by molar-refractivity contribution is 6.36. The van der Waals surface area contributed by atoms with Crippen molar-refractivity contribution in [2.75, 3.05) is 24.3 Å². The summed E-state index contributed by atoms with van der Waals surface area (Å²) in [4.78, 5) is 20.1. The molecule has 0 radical (unpaired) electrons. The molecule has 31 heavy (non-hydrogen) atoms. The average Bonchev–Trinajstić information content (AvgIpc) is 2.93. The molecule has 0 amide bonds. The van der Waals surface area contributed by atoms with Gasteiger partial charge in [0, 0.05) is 37.3 Å². The number of benzene rings is 3. The fourth-order valence-electron chi connectivity index (χ4n) is 4.21. The van der Waals surface area contributed by atoms with E-state index in [-0.39, 0.29) is 17.6 Å². The summed E-state index contributed by atoms with van der Waals surface area (Å²) in [6.07, 6.45) is 0.481. The molecule has 1 aliphatic heterocycles. The summed E-state index contributed by atoms with van der Waals surface area (Å²) >= 11 is 0. The molecule has 3 aromatic rings. The second-order valence-electron chi connectivity index (χ2n) is 8.06. The van der Waals surface area contributed by atoms with Gasteiger partial charge in [-0.05, 0) is 29.8 Å². The Morgan fingerprint density at radius 1 is 0.935 bits per heavy atom. The van der Waals surface area contributed by atoms with Crippen molar-refractivity contribution in [3.8, 4) is 0 Å². The van der Waals surface area contributed by atoms with E-state index in [1.54, 1.807) is 12.1 Å². The van der Waals surface area contributed by atoms with Gasteiger partial charge in [-0.15, -0.1) is 0 Å². The van der Waals surface area contributed by atoms with Crippen LogP contribution in [0.5, 0.6) is 0 Å². The number of nitrogens with zero attached hydrogens (tertiary/aromatic N) is 2. The normalized spacial score (nSPS) is 17.4. The number of aliphatic hydroxyl groups excluding tert-OH is 1. The number of anilines is 2. The molecule has 0 unspecified atom stereocenters. The molecule has 0 aromatic heterocycles. The number of carbonyl (C=O) groups excluding carboxylic acids is 1. The second-order valence-corrected chi connectivity index (χ2v) is 8.06. The Hall–Kier alpha value is -3.86. The Labute approximate surface area is 181 Å². The third kappa shape index (κ3) is 3.28. The van der Waals surface area contributed by atoms with Crippen molar-refractivity contribution in [1.29, 1.82) is 0 Å². The van der Waals surface area contributed by atoms with Crippen LogP contribution in [0.1, 0.15) is 33.9 Å². The Morgan fingerprint density at radius 2 is 1.61 bits per heavy atom. The van der Waals surface area contributed by atoms with Gasteiger partial charge >= 0.3 is 0 Å². The first-order valence-corrected chi connectivity index (χ1v) is 10.3. The lowest BCUT2D eigenvalue weighted by Crippen LogP contribution is -2.18. The molecule has 3 aromatic carbocycles. The fraction of sp³-hybridized carbons (Fsp3) is 0.154. The molecule has 0 saturated heterocycles. The van der Waals surface area contributed by atoms with Crippen molar-refractivity contribution < 1.29 is 9.90 Å². The number of Topliss-reactive ketones (excluding diaryl/α,β-unsaturated/α-hetero) is 1. The highest BCUT2D eigenvalue weighted by Gasteiger charge is 2.34. The SMILES string of the molecule is CN(C)c1ccc([C@@H]2CC(C3=C(O)c4ccccc4C3=O)=Nc3ccccc3N2)cc1. The molecule has 2 N–H and O–H groups in total. The minimum atomic E-state index is -0.173. The number of ketones is 1. The van der Waals surface area contributed by atoms with Crippen LogP contribution < -0.4 is 10.2 Å². The lowest BCUT2D eigenvalue weighted by molar-refractivity contribution is 0.104. The topological polar surface area (TPSA) is 64.9 Å². The van der Waals surface area contributed by atoms with Crippen molar-refractivity contribution in [2.24, 2.45) is 4.99 Å². The maximum absolute atomic E-state index is 13.2. The Balaban J connectivity index is 1.60. The molecule has 1 aliphatic carbocycles. The van der Waals surface area contributed by atoms with Gasteiger partial charge in [0.25, 0.3) is 0 Å². The quantitative estimate of drug-likeness (QED) is 0.595. The zero-order chi connectivity index (χ0) is 21.5. The number of para-hydroxylation sites is 2. The van der Waals surface area contributed by atoms with Crippen molar-refractivity contribution in [2.45, 2.75) is 12.5 Å². The smallest absolute Gasteiger partial charge is 0.199 e. The first kappa shape index (κ1) is 19.1. The molecule has 0 spiro atoms. The molecular weight excluding hydrogens is 386 g/mol. The van der Waals surface area contributed by atoms with Gasteiger partial charge in [0.1, 0.15) is 5.76 Å². The fourth-order valence-corrected chi connectivity index (χ4v) is 4.21. The van der Waals surface area contributed by atoms with Gasteiger partial charge < -0.3 is 15.3 Å². The number of aliphatic hydroxyl groups is 1. The molecule has 1 heterocycles. The van der Waals surface area contributed by atoms with Gasteiger partial charge in [0.2, 0.25) is 0 Å². The minimum absolute atomic E-state index is 0.0143. The third-order valence-electron chi connectivity index (χ3n) is 5.88. The number of nitrogens with one attached hydrogen (secondary N) is 1. The van der Waals surface area contributed by atoms with Crippen LogP contribution in [-0.2, 0) is 0 Å². The average molecular weight is 409 g/mol. The van der Waals surface area contributed by atoms with E-state index in [2.05, 4.69) is 34.5 Å². The van der Waals surface area contributed by atoms with Gasteiger partial charge in [-0.25, -0.2) is 0 Å². The van der Waals surface area contributed by atoms with Crippen molar-refractivity contribution in [3.63, 3.8) is 0 Å². The summed E-state index contributed by atoms with van der Waals surface area (Å²) < 4.78 is 0. The molecule has 0 fully saturated rings. The molecule has 5 nitrogen and oxygen atoms in total. The second kappa shape index (κ2) is 7.43. The summed E-state index contributed by atoms with van der Waals surface area (Å²) in [6.45, 7) is 0. The maximum atomic E-state index is 13.2. The standard InChI is InChI=1S/C26H23N3O2/c1-29(2)17-13-11-16(12-14-17)22-15-23(28-21-10-6-5-9-20(21)27-22)24-25(30)18-7-3-4-8-19(18)26(24)31/h3-14,22,27,30H,15H2,1-2H3/t22-/m0/s1. The number of hydrogen-bond acceptors (Lipinski definition) is 5. The summed E-state index contributed by atoms with van der Waals surface area (Å²) in [7, 11) is 4.02. The van der Waals surface area contributed by atoms with E-state index in [0.717, 1.165) is 22.6 Å². The molecule has 154 valence electrons. The van der Waals surface area contributed by atoms with E-state index in [0.29, 0.717) is 28.8 Å². The van der Waals surface area contributed by atoms with Crippen molar-refractivity contribution >= 4 is 34.3 Å². The number of rotatable bonds is 3. The van der Waals surface area contributed by atoms with E-state index in [4.69, 9.17) is 4.99 Å². The van der Waals surface area contributed by atoms with E-state index in [1.165, 1.54) is 0 Å². The first-order chi connectivity index (χ1) is 15.0. The van der Waals surface area contributed by atoms with Crippen molar-refractivity contribution in [1.82, 2.24) is 0 Å².